The molecule has 0 saturated heterocycles. The predicted octanol–water partition coefficient (Wildman–Crippen LogP) is 1.16. The molecule has 0 saturated carbocycles. The van der Waals surface area contributed by atoms with Crippen LogP contribution in [0.5, 0.6) is 0 Å². The third kappa shape index (κ3) is 2.68. The van der Waals surface area contributed by atoms with Crippen molar-refractivity contribution in [1.29, 1.82) is 0 Å². The van der Waals surface area contributed by atoms with Crippen LogP contribution in [0.3, 0.4) is 0 Å². The highest BCUT2D eigenvalue weighted by molar-refractivity contribution is 5.52. The molecular formula is C12H12N4O. The van der Waals surface area contributed by atoms with E-state index < -0.39 is 0 Å². The lowest BCUT2D eigenvalue weighted by Gasteiger charge is -1.96. The first-order chi connectivity index (χ1) is 8.31. The summed E-state index contributed by atoms with van der Waals surface area (Å²) in [6.45, 7) is 2.89. The van der Waals surface area contributed by atoms with E-state index >= 15 is 0 Å². The minimum atomic E-state index is 0.461. The van der Waals surface area contributed by atoms with Crippen molar-refractivity contribution in [3.05, 3.63) is 29.8 Å². The van der Waals surface area contributed by atoms with Crippen LogP contribution in [-0.2, 0) is 6.54 Å². The van der Waals surface area contributed by atoms with E-state index in [0.29, 0.717) is 24.8 Å². The van der Waals surface area contributed by atoms with Gasteiger partial charge in [-0.15, -0.1) is 6.42 Å². The molecule has 0 spiro atoms. The molecule has 17 heavy (non-hydrogen) atoms. The maximum Gasteiger partial charge on any atom is 0.240 e. The minimum absolute atomic E-state index is 0.461. The van der Waals surface area contributed by atoms with E-state index in [-0.39, 0.29) is 0 Å². The van der Waals surface area contributed by atoms with E-state index in [1.807, 2.05) is 19.1 Å². The monoisotopic (exact) mass is 228 g/mol. The molecule has 0 fully saturated rings. The largest absolute Gasteiger partial charge is 0.337 e. The standard InChI is InChI=1S/C12H12N4O/c1-3-6-13-8-10-15-12(16-17-10)11-9(2)5-4-7-14-11/h1,4-5,7,13H,6,8H2,2H3. The molecule has 2 aromatic rings. The van der Waals surface area contributed by atoms with Gasteiger partial charge in [-0.1, -0.05) is 17.1 Å². The molecule has 0 bridgehead atoms. The van der Waals surface area contributed by atoms with Crippen molar-refractivity contribution in [3.63, 3.8) is 0 Å². The molecule has 0 unspecified atom stereocenters. The van der Waals surface area contributed by atoms with Gasteiger partial charge in [-0.05, 0) is 18.6 Å². The van der Waals surface area contributed by atoms with Gasteiger partial charge in [0.2, 0.25) is 11.7 Å². The third-order valence-electron chi connectivity index (χ3n) is 2.19. The fraction of sp³-hybridized carbons (Fsp3) is 0.250. The summed E-state index contributed by atoms with van der Waals surface area (Å²) >= 11 is 0. The second kappa shape index (κ2) is 5.23. The molecular weight excluding hydrogens is 216 g/mol. The molecule has 0 radical (unpaired) electrons. The van der Waals surface area contributed by atoms with Gasteiger partial charge >= 0.3 is 0 Å². The lowest BCUT2D eigenvalue weighted by molar-refractivity contribution is 0.370. The van der Waals surface area contributed by atoms with Crippen LogP contribution in [-0.4, -0.2) is 21.7 Å². The smallest absolute Gasteiger partial charge is 0.240 e. The fourth-order valence-electron chi connectivity index (χ4n) is 1.38. The molecule has 0 aromatic carbocycles. The van der Waals surface area contributed by atoms with Gasteiger partial charge in [-0.3, -0.25) is 10.3 Å². The summed E-state index contributed by atoms with van der Waals surface area (Å²) in [6, 6.07) is 3.82. The zero-order valence-electron chi connectivity index (χ0n) is 9.47. The van der Waals surface area contributed by atoms with Gasteiger partial charge in [0.15, 0.2) is 0 Å². The van der Waals surface area contributed by atoms with E-state index in [1.165, 1.54) is 0 Å². The Bertz CT molecular complexity index is 541. The molecule has 2 rings (SSSR count). The summed E-state index contributed by atoms with van der Waals surface area (Å²) in [5.74, 6) is 3.47. The van der Waals surface area contributed by atoms with E-state index in [1.54, 1.807) is 6.20 Å². The van der Waals surface area contributed by atoms with Crippen molar-refractivity contribution in [2.24, 2.45) is 0 Å². The Balaban J connectivity index is 2.14. The number of nitrogens with zero attached hydrogens (tertiary/aromatic N) is 3. The normalized spacial score (nSPS) is 10.1. The van der Waals surface area contributed by atoms with Crippen molar-refractivity contribution >= 4 is 0 Å². The molecule has 0 aliphatic heterocycles. The maximum atomic E-state index is 5.12. The average Bonchev–Trinajstić information content (AvgIpc) is 2.79. The molecule has 0 atom stereocenters. The fourth-order valence-corrected chi connectivity index (χ4v) is 1.38. The van der Waals surface area contributed by atoms with Crippen LogP contribution in [0.2, 0.25) is 0 Å². The molecule has 2 heterocycles. The van der Waals surface area contributed by atoms with E-state index in [4.69, 9.17) is 10.9 Å². The first kappa shape index (κ1) is 11.3. The minimum Gasteiger partial charge on any atom is -0.337 e. The first-order valence-corrected chi connectivity index (χ1v) is 5.20. The lowest BCUT2D eigenvalue weighted by atomic mass is 10.2. The number of nitrogens with one attached hydrogen (secondary N) is 1. The number of hydrogen-bond donors (Lipinski definition) is 1. The third-order valence-corrected chi connectivity index (χ3v) is 2.19. The van der Waals surface area contributed by atoms with Crippen LogP contribution in [0.15, 0.2) is 22.9 Å². The van der Waals surface area contributed by atoms with Gasteiger partial charge in [-0.25, -0.2) is 0 Å². The number of aryl methyl sites for hydroxylation is 1. The quantitative estimate of drug-likeness (QED) is 0.628. The Kier molecular flexibility index (Phi) is 3.48. The van der Waals surface area contributed by atoms with Gasteiger partial charge in [0.05, 0.1) is 13.1 Å². The van der Waals surface area contributed by atoms with Crippen LogP contribution in [0, 0.1) is 19.3 Å². The lowest BCUT2D eigenvalue weighted by Crippen LogP contribution is -2.13. The summed E-state index contributed by atoms with van der Waals surface area (Å²) in [6.07, 6.45) is 6.82. The Labute approximate surface area is 99.3 Å². The predicted molar refractivity (Wildman–Crippen MR) is 62.8 cm³/mol. The topological polar surface area (TPSA) is 63.8 Å². The highest BCUT2D eigenvalue weighted by Crippen LogP contribution is 2.16. The van der Waals surface area contributed by atoms with Crippen molar-refractivity contribution in [2.45, 2.75) is 13.5 Å². The SMILES string of the molecule is C#CCNCc1nc(-c2ncccc2C)no1. The Hall–Kier alpha value is -2.19. The highest BCUT2D eigenvalue weighted by Gasteiger charge is 2.10. The van der Waals surface area contributed by atoms with Crippen LogP contribution in [0.1, 0.15) is 11.5 Å². The first-order valence-electron chi connectivity index (χ1n) is 5.20. The van der Waals surface area contributed by atoms with Crippen LogP contribution >= 0.6 is 0 Å². The van der Waals surface area contributed by atoms with Gasteiger partial charge < -0.3 is 4.52 Å². The molecule has 5 nitrogen and oxygen atoms in total. The van der Waals surface area contributed by atoms with Crippen LogP contribution in [0.25, 0.3) is 11.5 Å². The van der Waals surface area contributed by atoms with E-state index in [0.717, 1.165) is 11.3 Å². The average molecular weight is 228 g/mol. The number of pyridine rings is 1. The summed E-state index contributed by atoms with van der Waals surface area (Å²) in [5, 5.41) is 6.86. The van der Waals surface area contributed by atoms with Gasteiger partial charge in [0.25, 0.3) is 0 Å². The molecule has 0 aliphatic carbocycles. The van der Waals surface area contributed by atoms with Crippen molar-refractivity contribution < 1.29 is 4.52 Å². The summed E-state index contributed by atoms with van der Waals surface area (Å²) in [5.41, 5.74) is 1.75. The van der Waals surface area contributed by atoms with Crippen molar-refractivity contribution in [3.8, 4) is 23.9 Å². The van der Waals surface area contributed by atoms with E-state index in [9.17, 15) is 0 Å². The molecule has 86 valence electrons. The second-order valence-electron chi connectivity index (χ2n) is 3.49. The van der Waals surface area contributed by atoms with Gasteiger partial charge in [0, 0.05) is 6.20 Å². The van der Waals surface area contributed by atoms with E-state index in [2.05, 4.69) is 26.4 Å². The molecule has 0 amide bonds. The van der Waals surface area contributed by atoms with Gasteiger partial charge in [-0.2, -0.15) is 4.98 Å². The van der Waals surface area contributed by atoms with Crippen molar-refractivity contribution in [2.75, 3.05) is 6.54 Å². The number of hydrogen-bond acceptors (Lipinski definition) is 5. The Morgan fingerprint density at radius 1 is 1.53 bits per heavy atom. The number of rotatable bonds is 4. The molecule has 2 aromatic heterocycles. The van der Waals surface area contributed by atoms with Gasteiger partial charge in [0.1, 0.15) is 5.69 Å². The molecule has 5 heteroatoms. The molecule has 1 N–H and O–H groups in total. The number of aromatic nitrogens is 3. The van der Waals surface area contributed by atoms with Crippen LogP contribution in [0.4, 0.5) is 0 Å². The summed E-state index contributed by atoms with van der Waals surface area (Å²) in [4.78, 5) is 8.46. The Morgan fingerprint density at radius 3 is 3.18 bits per heavy atom. The number of terminal acetylenes is 1. The van der Waals surface area contributed by atoms with Crippen molar-refractivity contribution in [1.82, 2.24) is 20.4 Å². The summed E-state index contributed by atoms with van der Waals surface area (Å²) < 4.78 is 5.09. The molecule has 0 aliphatic rings. The summed E-state index contributed by atoms with van der Waals surface area (Å²) in [7, 11) is 0. The second-order valence-corrected chi connectivity index (χ2v) is 3.49. The zero-order valence-corrected chi connectivity index (χ0v) is 9.47. The zero-order chi connectivity index (χ0) is 12.1. The highest BCUT2D eigenvalue weighted by atomic mass is 16.5. The van der Waals surface area contributed by atoms with Crippen LogP contribution < -0.4 is 5.32 Å². The maximum absolute atomic E-state index is 5.12. The Morgan fingerprint density at radius 2 is 2.41 bits per heavy atom.